The quantitative estimate of drug-likeness (QED) is 0.299. The van der Waals surface area contributed by atoms with Crippen molar-refractivity contribution < 1.29 is 28.3 Å². The summed E-state index contributed by atoms with van der Waals surface area (Å²) < 4.78 is 15.6. The smallest absolute Gasteiger partial charge is 0.345 e. The maximum atomic E-state index is 12.7. The maximum absolute atomic E-state index is 12.7. The molecule has 0 spiro atoms. The molecule has 1 amide bonds. The normalized spacial score (nSPS) is 10.7. The second-order valence-electron chi connectivity index (χ2n) is 7.22. The number of benzene rings is 2. The van der Waals surface area contributed by atoms with Gasteiger partial charge >= 0.3 is 11.9 Å². The van der Waals surface area contributed by atoms with Gasteiger partial charge in [0.15, 0.2) is 0 Å². The summed E-state index contributed by atoms with van der Waals surface area (Å²) in [5.41, 5.74) is 2.00. The molecule has 0 atom stereocenters. The Morgan fingerprint density at radius 3 is 2.58 bits per heavy atom. The number of anilines is 1. The lowest BCUT2D eigenvalue weighted by Gasteiger charge is -2.07. The van der Waals surface area contributed by atoms with Crippen molar-refractivity contribution in [3.63, 3.8) is 0 Å². The zero-order valence-corrected chi connectivity index (χ0v) is 17.9. The van der Waals surface area contributed by atoms with Gasteiger partial charge in [-0.05, 0) is 61.5 Å². The fourth-order valence-electron chi connectivity index (χ4n) is 3.32. The third kappa shape index (κ3) is 5.30. The van der Waals surface area contributed by atoms with Gasteiger partial charge in [-0.15, -0.1) is 0 Å². The first-order chi connectivity index (χ1) is 16.0. The van der Waals surface area contributed by atoms with E-state index in [9.17, 15) is 14.4 Å². The van der Waals surface area contributed by atoms with Crippen LogP contribution in [0.1, 0.15) is 39.8 Å². The number of hydrogen-bond acceptors (Lipinski definition) is 6. The van der Waals surface area contributed by atoms with Crippen LogP contribution in [0.2, 0.25) is 0 Å². The number of rotatable bonds is 8. The van der Waals surface area contributed by atoms with Crippen LogP contribution in [0.25, 0.3) is 10.9 Å². The van der Waals surface area contributed by atoms with Gasteiger partial charge in [0.05, 0.1) is 24.0 Å². The van der Waals surface area contributed by atoms with E-state index < -0.39 is 11.9 Å². The Morgan fingerprint density at radius 2 is 1.85 bits per heavy atom. The van der Waals surface area contributed by atoms with Crippen LogP contribution < -0.4 is 10.1 Å². The van der Waals surface area contributed by atoms with Crippen molar-refractivity contribution in [1.29, 1.82) is 0 Å². The molecule has 2 aromatic heterocycles. The second-order valence-corrected chi connectivity index (χ2v) is 7.22. The van der Waals surface area contributed by atoms with Crippen LogP contribution in [0.4, 0.5) is 5.69 Å². The van der Waals surface area contributed by atoms with Crippen LogP contribution in [-0.4, -0.2) is 29.4 Å². The van der Waals surface area contributed by atoms with Crippen LogP contribution in [0.15, 0.2) is 71.5 Å². The molecule has 4 aromatic rings. The number of furan rings is 1. The molecule has 0 radical (unpaired) electrons. The summed E-state index contributed by atoms with van der Waals surface area (Å²) in [6.07, 6.45) is 3.90. The van der Waals surface area contributed by atoms with Gasteiger partial charge in [-0.25, -0.2) is 9.59 Å². The molecule has 0 fully saturated rings. The van der Waals surface area contributed by atoms with Crippen molar-refractivity contribution >= 4 is 34.4 Å². The van der Waals surface area contributed by atoms with Crippen molar-refractivity contribution in [3.05, 3.63) is 83.9 Å². The predicted molar refractivity (Wildman–Crippen MR) is 121 cm³/mol. The van der Waals surface area contributed by atoms with Crippen molar-refractivity contribution in [2.45, 2.75) is 19.8 Å². The third-order valence-corrected chi connectivity index (χ3v) is 4.94. The lowest BCUT2D eigenvalue weighted by atomic mass is 10.1. The number of esters is 2. The summed E-state index contributed by atoms with van der Waals surface area (Å²) in [5, 5.41) is 3.46. The zero-order chi connectivity index (χ0) is 23.2. The highest BCUT2D eigenvalue weighted by atomic mass is 16.5. The Balaban J connectivity index is 1.43. The number of carbonyl (C=O) groups excluding carboxylic acids is 3. The van der Waals surface area contributed by atoms with Gasteiger partial charge < -0.3 is 24.2 Å². The average Bonchev–Trinajstić information content (AvgIpc) is 3.48. The molecule has 2 N–H and O–H groups in total. The van der Waals surface area contributed by atoms with Gasteiger partial charge in [0.1, 0.15) is 11.5 Å². The molecule has 0 aliphatic rings. The molecule has 168 valence electrons. The van der Waals surface area contributed by atoms with Gasteiger partial charge in [0, 0.05) is 35.6 Å². The SMILES string of the molecule is CCOC(=O)c1ccc(OC(=O)c2c[nH]c3ccc(NC(=O)CCc4ccco4)cc23)cc1. The van der Waals surface area contributed by atoms with E-state index in [2.05, 4.69) is 10.3 Å². The summed E-state index contributed by atoms with van der Waals surface area (Å²) in [6.45, 7) is 2.01. The van der Waals surface area contributed by atoms with Crippen LogP contribution >= 0.6 is 0 Å². The Bertz CT molecular complexity index is 1270. The minimum atomic E-state index is -0.563. The minimum absolute atomic E-state index is 0.160. The van der Waals surface area contributed by atoms with E-state index in [1.807, 2.05) is 6.07 Å². The Morgan fingerprint density at radius 1 is 1.03 bits per heavy atom. The molecule has 0 saturated heterocycles. The molecule has 2 aromatic carbocycles. The molecule has 0 bridgehead atoms. The largest absolute Gasteiger partial charge is 0.469 e. The number of carbonyl (C=O) groups is 3. The van der Waals surface area contributed by atoms with Gasteiger partial charge in [0.2, 0.25) is 5.91 Å². The standard InChI is InChI=1S/C25H22N2O6/c1-2-31-24(29)16-5-8-19(9-6-16)33-25(30)21-15-26-22-11-7-17(14-20(21)22)27-23(28)12-10-18-4-3-13-32-18/h3-9,11,13-15,26H,2,10,12H2,1H3,(H,27,28). The summed E-state index contributed by atoms with van der Waals surface area (Å²) in [4.78, 5) is 39.8. The fourth-order valence-corrected chi connectivity index (χ4v) is 3.32. The summed E-state index contributed by atoms with van der Waals surface area (Å²) in [5.74, 6) is -0.124. The van der Waals surface area contributed by atoms with Crippen molar-refractivity contribution in [2.75, 3.05) is 11.9 Å². The number of H-pyrrole nitrogens is 1. The number of aromatic amines is 1. The molecular formula is C25H22N2O6. The molecule has 8 heteroatoms. The molecule has 0 aliphatic heterocycles. The first-order valence-corrected chi connectivity index (χ1v) is 10.5. The summed E-state index contributed by atoms with van der Waals surface area (Å²) >= 11 is 0. The van der Waals surface area contributed by atoms with E-state index >= 15 is 0 Å². The number of nitrogens with one attached hydrogen (secondary N) is 2. The number of aryl methyl sites for hydroxylation is 1. The van der Waals surface area contributed by atoms with E-state index in [0.717, 1.165) is 11.3 Å². The highest BCUT2D eigenvalue weighted by Crippen LogP contribution is 2.24. The molecular weight excluding hydrogens is 424 g/mol. The van der Waals surface area contributed by atoms with Crippen LogP contribution in [0, 0.1) is 0 Å². The number of aromatic nitrogens is 1. The molecule has 0 saturated carbocycles. The molecule has 8 nitrogen and oxygen atoms in total. The minimum Gasteiger partial charge on any atom is -0.469 e. The highest BCUT2D eigenvalue weighted by molar-refractivity contribution is 6.06. The Kier molecular flexibility index (Phi) is 6.54. The molecule has 0 unspecified atom stereocenters. The molecule has 2 heterocycles. The predicted octanol–water partition coefficient (Wildman–Crippen LogP) is 4.73. The second kappa shape index (κ2) is 9.86. The lowest BCUT2D eigenvalue weighted by molar-refractivity contribution is -0.116. The first kappa shape index (κ1) is 21.9. The molecule has 0 aliphatic carbocycles. The maximum Gasteiger partial charge on any atom is 0.345 e. The molecule has 4 rings (SSSR count). The van der Waals surface area contributed by atoms with Gasteiger partial charge in [-0.3, -0.25) is 4.79 Å². The lowest BCUT2D eigenvalue weighted by Crippen LogP contribution is -2.12. The fraction of sp³-hybridized carbons (Fsp3) is 0.160. The highest BCUT2D eigenvalue weighted by Gasteiger charge is 2.16. The van der Waals surface area contributed by atoms with E-state index in [1.54, 1.807) is 43.6 Å². The van der Waals surface area contributed by atoms with Crippen LogP contribution in [0.3, 0.4) is 0 Å². The van der Waals surface area contributed by atoms with Gasteiger partial charge in [-0.1, -0.05) is 0 Å². The van der Waals surface area contributed by atoms with E-state index in [-0.39, 0.29) is 18.9 Å². The van der Waals surface area contributed by atoms with Crippen molar-refractivity contribution in [1.82, 2.24) is 4.98 Å². The van der Waals surface area contributed by atoms with E-state index in [1.165, 1.54) is 24.3 Å². The monoisotopic (exact) mass is 446 g/mol. The van der Waals surface area contributed by atoms with Crippen LogP contribution in [0.5, 0.6) is 5.75 Å². The first-order valence-electron chi connectivity index (χ1n) is 10.5. The zero-order valence-electron chi connectivity index (χ0n) is 17.9. The number of ether oxygens (including phenoxy) is 2. The third-order valence-electron chi connectivity index (χ3n) is 4.94. The number of amides is 1. The van der Waals surface area contributed by atoms with Gasteiger partial charge in [-0.2, -0.15) is 0 Å². The van der Waals surface area contributed by atoms with Crippen LogP contribution in [-0.2, 0) is 16.0 Å². The van der Waals surface area contributed by atoms with E-state index in [0.29, 0.717) is 34.4 Å². The van der Waals surface area contributed by atoms with Crippen molar-refractivity contribution in [3.8, 4) is 5.75 Å². The number of hydrogen-bond donors (Lipinski definition) is 2. The van der Waals surface area contributed by atoms with Gasteiger partial charge in [0.25, 0.3) is 0 Å². The Hall–Kier alpha value is -4.33. The topological polar surface area (TPSA) is 111 Å². The number of fused-ring (bicyclic) bond motifs is 1. The Labute approximate surface area is 189 Å². The van der Waals surface area contributed by atoms with Crippen molar-refractivity contribution in [2.24, 2.45) is 0 Å². The average molecular weight is 446 g/mol. The molecule has 33 heavy (non-hydrogen) atoms. The summed E-state index contributed by atoms with van der Waals surface area (Å²) in [6, 6.07) is 15.0. The summed E-state index contributed by atoms with van der Waals surface area (Å²) in [7, 11) is 0. The van der Waals surface area contributed by atoms with E-state index in [4.69, 9.17) is 13.9 Å².